The molecule has 1 aromatic heterocycles. The number of rotatable bonds is 2. The largest absolute Gasteiger partial charge is 0.497 e. The number of nitrogens with zero attached hydrogens (tertiary/aromatic N) is 3. The summed E-state index contributed by atoms with van der Waals surface area (Å²) in [6, 6.07) is 13.8. The van der Waals surface area contributed by atoms with E-state index in [0.717, 1.165) is 33.3 Å². The maximum Gasteiger partial charge on any atom is 0.154 e. The molecule has 0 spiro atoms. The van der Waals surface area contributed by atoms with Gasteiger partial charge in [0.05, 0.1) is 7.11 Å². The Labute approximate surface area is 161 Å². The first kappa shape index (κ1) is 19.1. The van der Waals surface area contributed by atoms with Crippen molar-refractivity contribution in [2.45, 2.75) is 26.2 Å². The van der Waals surface area contributed by atoms with Crippen molar-refractivity contribution >= 4 is 16.6 Å². The van der Waals surface area contributed by atoms with Crippen LogP contribution >= 0.6 is 0 Å². The van der Waals surface area contributed by atoms with Gasteiger partial charge in [0.15, 0.2) is 5.82 Å². The number of anilines is 1. The number of benzene rings is 2. The lowest BCUT2D eigenvalue weighted by Gasteiger charge is -2.20. The van der Waals surface area contributed by atoms with E-state index in [1.807, 2.05) is 49.4 Å². The third-order valence-corrected chi connectivity index (χ3v) is 4.98. The van der Waals surface area contributed by atoms with Crippen molar-refractivity contribution < 1.29 is 4.74 Å². The van der Waals surface area contributed by atoms with Gasteiger partial charge in [-0.2, -0.15) is 0 Å². The molecule has 27 heavy (non-hydrogen) atoms. The molecule has 2 aromatic carbocycles. The zero-order valence-electron chi connectivity index (χ0n) is 16.4. The number of aromatic nitrogens is 2. The molecule has 0 atom stereocenters. The number of hydrogen-bond donors (Lipinski definition) is 1. The summed E-state index contributed by atoms with van der Waals surface area (Å²) >= 11 is 0. The van der Waals surface area contributed by atoms with Crippen LogP contribution in [0.2, 0.25) is 0 Å². The number of ether oxygens (including phenoxy) is 1. The van der Waals surface area contributed by atoms with Crippen molar-refractivity contribution in [1.29, 1.82) is 0 Å². The third-order valence-electron chi connectivity index (χ3n) is 4.98. The highest BCUT2D eigenvalue weighted by atomic mass is 16.5. The average Bonchev–Trinajstić information content (AvgIpc) is 2.70. The minimum Gasteiger partial charge on any atom is -0.497 e. The van der Waals surface area contributed by atoms with Crippen molar-refractivity contribution in [2.75, 3.05) is 33.0 Å². The normalized spacial score (nSPS) is 14.5. The van der Waals surface area contributed by atoms with Crippen molar-refractivity contribution in [1.82, 2.24) is 15.1 Å². The molecule has 0 bridgehead atoms. The van der Waals surface area contributed by atoms with Gasteiger partial charge in [0.2, 0.25) is 0 Å². The predicted octanol–water partition coefficient (Wildman–Crippen LogP) is 4.30. The van der Waals surface area contributed by atoms with E-state index in [9.17, 15) is 0 Å². The summed E-state index contributed by atoms with van der Waals surface area (Å²) in [7, 11) is 3.84. The number of hydrogen-bond acceptors (Lipinski definition) is 5. The maximum absolute atomic E-state index is 5.96. The molecule has 0 saturated carbocycles. The topological polar surface area (TPSA) is 64.3 Å². The van der Waals surface area contributed by atoms with E-state index in [-0.39, 0.29) is 0 Å². The molecule has 1 aliphatic heterocycles. The van der Waals surface area contributed by atoms with Crippen LogP contribution in [0, 0.1) is 6.92 Å². The second kappa shape index (κ2) is 8.82. The second-order valence-electron chi connectivity index (χ2n) is 7.02. The summed E-state index contributed by atoms with van der Waals surface area (Å²) in [4.78, 5) is 2.39. The van der Waals surface area contributed by atoms with Gasteiger partial charge < -0.3 is 15.4 Å². The number of methoxy groups -OCH3 is 1. The van der Waals surface area contributed by atoms with Crippen LogP contribution in [0.4, 0.5) is 5.82 Å². The Kier molecular flexibility index (Phi) is 6.24. The highest BCUT2D eigenvalue weighted by molar-refractivity contribution is 6.01. The first-order chi connectivity index (χ1) is 13.1. The SMILES string of the molecule is CN1CCCCC1.COc1ccc(-c2nnc(N)c3c(C)cccc23)cc1. The minimum atomic E-state index is 0.468. The van der Waals surface area contributed by atoms with Crippen LogP contribution in [0.3, 0.4) is 0 Å². The Morgan fingerprint density at radius 1 is 0.963 bits per heavy atom. The molecule has 0 amide bonds. The Morgan fingerprint density at radius 3 is 2.26 bits per heavy atom. The Balaban J connectivity index is 0.000000253. The zero-order chi connectivity index (χ0) is 19.2. The van der Waals surface area contributed by atoms with Gasteiger partial charge in [0.1, 0.15) is 11.4 Å². The molecule has 0 radical (unpaired) electrons. The number of aryl methyl sites for hydroxylation is 1. The first-order valence-electron chi connectivity index (χ1n) is 9.44. The van der Waals surface area contributed by atoms with Crippen LogP contribution in [0.5, 0.6) is 5.75 Å². The van der Waals surface area contributed by atoms with Crippen LogP contribution in [-0.2, 0) is 0 Å². The summed E-state index contributed by atoms with van der Waals surface area (Å²) in [6.45, 7) is 4.66. The number of nitrogen functional groups attached to an aromatic ring is 1. The number of piperidine rings is 1. The molecule has 4 rings (SSSR count). The van der Waals surface area contributed by atoms with Gasteiger partial charge in [0, 0.05) is 16.3 Å². The molecule has 1 aliphatic rings. The van der Waals surface area contributed by atoms with E-state index in [0.29, 0.717) is 5.82 Å². The van der Waals surface area contributed by atoms with Gasteiger partial charge in [0.25, 0.3) is 0 Å². The fourth-order valence-corrected chi connectivity index (χ4v) is 3.43. The quantitative estimate of drug-likeness (QED) is 0.734. The van der Waals surface area contributed by atoms with Crippen LogP contribution in [0.15, 0.2) is 42.5 Å². The lowest BCUT2D eigenvalue weighted by molar-refractivity contribution is 0.277. The lowest BCUT2D eigenvalue weighted by Crippen LogP contribution is -2.24. The molecule has 3 aromatic rings. The fraction of sp³-hybridized carbons (Fsp3) is 0.364. The van der Waals surface area contributed by atoms with Crippen molar-refractivity contribution in [3.8, 4) is 17.0 Å². The summed E-state index contributed by atoms with van der Waals surface area (Å²) < 4.78 is 5.17. The molecular weight excluding hydrogens is 336 g/mol. The van der Waals surface area contributed by atoms with Crippen molar-refractivity contribution in [3.63, 3.8) is 0 Å². The Bertz CT molecular complexity index is 878. The van der Waals surface area contributed by atoms with Gasteiger partial charge in [-0.25, -0.2) is 0 Å². The van der Waals surface area contributed by atoms with E-state index in [1.165, 1.54) is 32.4 Å². The standard InChI is InChI=1S/C16H15N3O.C6H13N/c1-10-4-3-5-13-14(10)16(17)19-18-15(13)11-6-8-12(20-2)9-7-11;1-7-5-3-2-4-6-7/h3-9H,1-2H3,(H2,17,19);2-6H2,1H3. The van der Waals surface area contributed by atoms with Gasteiger partial charge in [-0.1, -0.05) is 24.6 Å². The van der Waals surface area contributed by atoms with Crippen LogP contribution < -0.4 is 10.5 Å². The fourth-order valence-electron chi connectivity index (χ4n) is 3.43. The molecule has 2 heterocycles. The molecule has 5 nitrogen and oxygen atoms in total. The van der Waals surface area contributed by atoms with E-state index >= 15 is 0 Å². The van der Waals surface area contributed by atoms with Crippen LogP contribution in [0.25, 0.3) is 22.0 Å². The smallest absolute Gasteiger partial charge is 0.154 e. The molecule has 0 aliphatic carbocycles. The van der Waals surface area contributed by atoms with Gasteiger partial charge >= 0.3 is 0 Å². The van der Waals surface area contributed by atoms with Gasteiger partial charge in [-0.3, -0.25) is 0 Å². The highest BCUT2D eigenvalue weighted by Crippen LogP contribution is 2.31. The summed E-state index contributed by atoms with van der Waals surface area (Å²) in [6.07, 6.45) is 4.28. The predicted molar refractivity (Wildman–Crippen MR) is 112 cm³/mol. The molecule has 142 valence electrons. The van der Waals surface area contributed by atoms with Crippen LogP contribution in [0.1, 0.15) is 24.8 Å². The number of nitrogens with two attached hydrogens (primary N) is 1. The number of fused-ring (bicyclic) bond motifs is 1. The number of likely N-dealkylation sites (tertiary alicyclic amines) is 1. The molecule has 5 heteroatoms. The van der Waals surface area contributed by atoms with E-state index < -0.39 is 0 Å². The van der Waals surface area contributed by atoms with Crippen molar-refractivity contribution in [2.24, 2.45) is 0 Å². The maximum atomic E-state index is 5.96. The van der Waals surface area contributed by atoms with E-state index in [2.05, 4.69) is 22.1 Å². The molecule has 0 unspecified atom stereocenters. The molecule has 2 N–H and O–H groups in total. The zero-order valence-corrected chi connectivity index (χ0v) is 16.4. The highest BCUT2D eigenvalue weighted by Gasteiger charge is 2.11. The lowest BCUT2D eigenvalue weighted by atomic mass is 10.0. The monoisotopic (exact) mass is 364 g/mol. The first-order valence-corrected chi connectivity index (χ1v) is 9.44. The third kappa shape index (κ3) is 4.55. The summed E-state index contributed by atoms with van der Waals surface area (Å²) in [5.74, 6) is 1.29. The van der Waals surface area contributed by atoms with Crippen molar-refractivity contribution in [3.05, 3.63) is 48.0 Å². The van der Waals surface area contributed by atoms with Gasteiger partial charge in [-0.05, 0) is 69.7 Å². The second-order valence-corrected chi connectivity index (χ2v) is 7.02. The van der Waals surface area contributed by atoms with E-state index in [4.69, 9.17) is 10.5 Å². The molecule has 1 saturated heterocycles. The summed E-state index contributed by atoms with van der Waals surface area (Å²) in [5.41, 5.74) is 8.89. The van der Waals surface area contributed by atoms with Gasteiger partial charge in [-0.15, -0.1) is 10.2 Å². The molecular formula is C22H28N4O. The Hall–Kier alpha value is -2.66. The van der Waals surface area contributed by atoms with Crippen LogP contribution in [-0.4, -0.2) is 42.3 Å². The summed E-state index contributed by atoms with van der Waals surface area (Å²) in [5, 5.41) is 10.3. The Morgan fingerprint density at radius 2 is 1.67 bits per heavy atom. The average molecular weight is 364 g/mol. The molecule has 1 fully saturated rings. The van der Waals surface area contributed by atoms with E-state index in [1.54, 1.807) is 7.11 Å². The minimum absolute atomic E-state index is 0.468.